The van der Waals surface area contributed by atoms with E-state index in [0.717, 1.165) is 29.0 Å². The van der Waals surface area contributed by atoms with Gasteiger partial charge in [-0.05, 0) is 51.6 Å². The van der Waals surface area contributed by atoms with Crippen LogP contribution in [0.5, 0.6) is 0 Å². The fourth-order valence-corrected chi connectivity index (χ4v) is 3.12. The van der Waals surface area contributed by atoms with E-state index in [-0.39, 0.29) is 0 Å². The highest BCUT2D eigenvalue weighted by atomic mass is 79.9. The first-order valence-electron chi connectivity index (χ1n) is 6.85. The molecule has 0 heterocycles. The molecule has 0 saturated carbocycles. The number of rotatable bonds is 7. The molecule has 0 fully saturated rings. The topological polar surface area (TPSA) is 15.3 Å². The van der Waals surface area contributed by atoms with Gasteiger partial charge in [-0.25, -0.2) is 0 Å². The lowest BCUT2D eigenvalue weighted by molar-refractivity contribution is 0.221. The predicted octanol–water partition coefficient (Wildman–Crippen LogP) is 4.48. The van der Waals surface area contributed by atoms with Crippen molar-refractivity contribution in [3.8, 4) is 0 Å². The summed E-state index contributed by atoms with van der Waals surface area (Å²) in [4.78, 5) is 2.47. The van der Waals surface area contributed by atoms with Gasteiger partial charge in [-0.2, -0.15) is 0 Å². The standard InChI is InChI=1S/C15H24BrClN2/c1-5-19(11(2)3)9-8-15(18-4)13-7-6-12(16)10-14(13)17/h6-7,10-11,15,18H,5,8-9H2,1-4H3. The van der Waals surface area contributed by atoms with E-state index < -0.39 is 0 Å². The van der Waals surface area contributed by atoms with Crippen molar-refractivity contribution < 1.29 is 0 Å². The first-order chi connectivity index (χ1) is 8.99. The van der Waals surface area contributed by atoms with E-state index in [4.69, 9.17) is 11.6 Å². The van der Waals surface area contributed by atoms with Crippen molar-refractivity contribution in [1.29, 1.82) is 0 Å². The van der Waals surface area contributed by atoms with Crippen molar-refractivity contribution in [2.45, 2.75) is 39.3 Å². The second-order valence-electron chi connectivity index (χ2n) is 5.02. The molecular weight excluding hydrogens is 324 g/mol. The van der Waals surface area contributed by atoms with Crippen molar-refractivity contribution in [3.05, 3.63) is 33.3 Å². The molecular formula is C15H24BrClN2. The van der Waals surface area contributed by atoms with Crippen LogP contribution >= 0.6 is 27.5 Å². The van der Waals surface area contributed by atoms with Crippen LogP contribution in [0.25, 0.3) is 0 Å². The molecule has 0 saturated heterocycles. The van der Waals surface area contributed by atoms with E-state index in [0.29, 0.717) is 12.1 Å². The van der Waals surface area contributed by atoms with Crippen molar-refractivity contribution in [2.24, 2.45) is 0 Å². The minimum Gasteiger partial charge on any atom is -0.313 e. The Balaban J connectivity index is 2.72. The molecule has 1 N–H and O–H groups in total. The maximum atomic E-state index is 6.33. The van der Waals surface area contributed by atoms with Crippen LogP contribution in [0.4, 0.5) is 0 Å². The first kappa shape index (κ1) is 17.0. The van der Waals surface area contributed by atoms with Gasteiger partial charge in [-0.3, -0.25) is 0 Å². The molecule has 0 spiro atoms. The zero-order valence-corrected chi connectivity index (χ0v) is 14.6. The van der Waals surface area contributed by atoms with E-state index >= 15 is 0 Å². The quantitative estimate of drug-likeness (QED) is 0.782. The van der Waals surface area contributed by atoms with E-state index in [9.17, 15) is 0 Å². The molecule has 0 radical (unpaired) electrons. The third-order valence-corrected chi connectivity index (χ3v) is 4.35. The molecule has 1 unspecified atom stereocenters. The number of halogens is 2. The van der Waals surface area contributed by atoms with Crippen LogP contribution < -0.4 is 5.32 Å². The van der Waals surface area contributed by atoms with Crippen molar-refractivity contribution >= 4 is 27.5 Å². The Morgan fingerprint density at radius 2 is 2.05 bits per heavy atom. The van der Waals surface area contributed by atoms with Crippen LogP contribution in [-0.4, -0.2) is 31.1 Å². The summed E-state index contributed by atoms with van der Waals surface area (Å²) in [5.41, 5.74) is 1.17. The first-order valence-corrected chi connectivity index (χ1v) is 8.03. The number of hydrogen-bond acceptors (Lipinski definition) is 2. The minimum absolute atomic E-state index is 0.299. The highest BCUT2D eigenvalue weighted by Gasteiger charge is 2.15. The summed E-state index contributed by atoms with van der Waals surface area (Å²) in [5.74, 6) is 0. The zero-order chi connectivity index (χ0) is 14.4. The van der Waals surface area contributed by atoms with Gasteiger partial charge in [-0.1, -0.05) is 40.5 Å². The lowest BCUT2D eigenvalue weighted by Gasteiger charge is -2.27. The molecule has 0 aliphatic carbocycles. The highest BCUT2D eigenvalue weighted by Crippen LogP contribution is 2.28. The lowest BCUT2D eigenvalue weighted by Crippen LogP contribution is -2.33. The largest absolute Gasteiger partial charge is 0.313 e. The Morgan fingerprint density at radius 1 is 1.37 bits per heavy atom. The smallest absolute Gasteiger partial charge is 0.0465 e. The summed E-state index contributed by atoms with van der Waals surface area (Å²) < 4.78 is 1.02. The molecule has 0 aliphatic rings. The maximum absolute atomic E-state index is 6.33. The Kier molecular flexibility index (Phi) is 7.37. The minimum atomic E-state index is 0.299. The molecule has 1 atom stereocenters. The van der Waals surface area contributed by atoms with Crippen molar-refractivity contribution in [2.75, 3.05) is 20.1 Å². The average Bonchev–Trinajstić information content (AvgIpc) is 2.35. The summed E-state index contributed by atoms with van der Waals surface area (Å²) in [6.45, 7) is 8.85. The number of hydrogen-bond donors (Lipinski definition) is 1. The maximum Gasteiger partial charge on any atom is 0.0465 e. The van der Waals surface area contributed by atoms with Crippen LogP contribution in [0.2, 0.25) is 5.02 Å². The number of nitrogens with zero attached hydrogens (tertiary/aromatic N) is 1. The van der Waals surface area contributed by atoms with Gasteiger partial charge >= 0.3 is 0 Å². The van der Waals surface area contributed by atoms with Crippen LogP contribution in [0.15, 0.2) is 22.7 Å². The summed E-state index contributed by atoms with van der Waals surface area (Å²) in [6, 6.07) is 6.99. The second-order valence-corrected chi connectivity index (χ2v) is 6.34. The number of benzene rings is 1. The molecule has 1 aromatic rings. The monoisotopic (exact) mass is 346 g/mol. The van der Waals surface area contributed by atoms with Crippen molar-refractivity contribution in [3.63, 3.8) is 0 Å². The number of nitrogens with one attached hydrogen (secondary N) is 1. The summed E-state index contributed by atoms with van der Waals surface area (Å²) in [5, 5.41) is 4.19. The molecule has 2 nitrogen and oxygen atoms in total. The van der Waals surface area contributed by atoms with Crippen LogP contribution in [0.1, 0.15) is 38.8 Å². The molecule has 0 aliphatic heterocycles. The normalized spacial score (nSPS) is 13.3. The highest BCUT2D eigenvalue weighted by molar-refractivity contribution is 9.10. The summed E-state index contributed by atoms with van der Waals surface area (Å²) in [6.07, 6.45) is 1.06. The van der Waals surface area contributed by atoms with Crippen LogP contribution in [0, 0.1) is 0 Å². The Hall–Kier alpha value is -0.0900. The molecule has 1 rings (SSSR count). The van der Waals surface area contributed by atoms with E-state index in [1.165, 1.54) is 5.56 Å². The fraction of sp³-hybridized carbons (Fsp3) is 0.600. The SMILES string of the molecule is CCN(CCC(NC)c1ccc(Br)cc1Cl)C(C)C. The van der Waals surface area contributed by atoms with Gasteiger partial charge in [-0.15, -0.1) is 0 Å². The molecule has 0 amide bonds. The molecule has 0 aromatic heterocycles. The molecule has 4 heteroatoms. The predicted molar refractivity (Wildman–Crippen MR) is 88.0 cm³/mol. The second kappa shape index (κ2) is 8.25. The Bertz CT molecular complexity index is 396. The van der Waals surface area contributed by atoms with Gasteiger partial charge in [0.2, 0.25) is 0 Å². The third kappa shape index (κ3) is 5.07. The van der Waals surface area contributed by atoms with E-state index in [1.54, 1.807) is 0 Å². The van der Waals surface area contributed by atoms with Gasteiger partial charge < -0.3 is 10.2 Å². The molecule has 19 heavy (non-hydrogen) atoms. The lowest BCUT2D eigenvalue weighted by atomic mass is 10.0. The Labute approximate surface area is 130 Å². The molecule has 1 aromatic carbocycles. The Morgan fingerprint density at radius 3 is 2.53 bits per heavy atom. The van der Waals surface area contributed by atoms with Crippen LogP contribution in [-0.2, 0) is 0 Å². The van der Waals surface area contributed by atoms with Crippen molar-refractivity contribution in [1.82, 2.24) is 10.2 Å². The van der Waals surface area contributed by atoms with Gasteiger partial charge in [0.05, 0.1) is 0 Å². The summed E-state index contributed by atoms with van der Waals surface area (Å²) in [7, 11) is 1.99. The molecule has 108 valence electrons. The fourth-order valence-electron chi connectivity index (χ4n) is 2.32. The van der Waals surface area contributed by atoms with E-state index in [2.05, 4.69) is 53.0 Å². The van der Waals surface area contributed by atoms with Gasteiger partial charge in [0.15, 0.2) is 0 Å². The van der Waals surface area contributed by atoms with E-state index in [1.807, 2.05) is 19.2 Å². The van der Waals surface area contributed by atoms with Gasteiger partial charge in [0.1, 0.15) is 0 Å². The van der Waals surface area contributed by atoms with Gasteiger partial charge in [0.25, 0.3) is 0 Å². The zero-order valence-electron chi connectivity index (χ0n) is 12.2. The van der Waals surface area contributed by atoms with Gasteiger partial charge in [0, 0.05) is 28.1 Å². The van der Waals surface area contributed by atoms with Crippen LogP contribution in [0.3, 0.4) is 0 Å². The third-order valence-electron chi connectivity index (χ3n) is 3.53. The molecule has 0 bridgehead atoms. The summed E-state index contributed by atoms with van der Waals surface area (Å²) >= 11 is 9.78. The average molecular weight is 348 g/mol.